The molecule has 0 bridgehead atoms. The summed E-state index contributed by atoms with van der Waals surface area (Å²) in [5.41, 5.74) is 0. The Labute approximate surface area is 100 Å². The lowest BCUT2D eigenvalue weighted by Crippen LogP contribution is -2.32. The third-order valence-corrected chi connectivity index (χ3v) is 2.68. The second kappa shape index (κ2) is 6.08. The Morgan fingerprint density at radius 2 is 2.06 bits per heavy atom. The van der Waals surface area contributed by atoms with E-state index in [4.69, 9.17) is 9.52 Å². The lowest BCUT2D eigenvalue weighted by Gasteiger charge is -2.20. The van der Waals surface area contributed by atoms with Crippen LogP contribution in [0.4, 0.5) is 0 Å². The number of nitrogens with zero attached hydrogens (tertiary/aromatic N) is 1. The Kier molecular flexibility index (Phi) is 4.75. The smallest absolute Gasteiger partial charge is 0.314 e. The van der Waals surface area contributed by atoms with Crippen molar-refractivity contribution < 1.29 is 19.1 Å². The van der Waals surface area contributed by atoms with Crippen molar-refractivity contribution in [3.8, 4) is 0 Å². The molecule has 94 valence electrons. The predicted molar refractivity (Wildman–Crippen MR) is 61.6 cm³/mol. The van der Waals surface area contributed by atoms with Crippen LogP contribution in [0.15, 0.2) is 22.8 Å². The molecule has 0 saturated carbocycles. The first kappa shape index (κ1) is 13.3. The Hall–Kier alpha value is -1.78. The molecular formula is C12H17NO4. The normalized spacial score (nSPS) is 12.1. The fourth-order valence-electron chi connectivity index (χ4n) is 1.68. The van der Waals surface area contributed by atoms with Crippen LogP contribution in [0.2, 0.25) is 0 Å². The molecule has 0 fully saturated rings. The van der Waals surface area contributed by atoms with E-state index in [1.807, 2.05) is 13.8 Å². The average Bonchev–Trinajstić information content (AvgIpc) is 2.80. The number of carbonyl (C=O) groups is 2. The van der Waals surface area contributed by atoms with Crippen LogP contribution in [0.1, 0.15) is 31.9 Å². The SMILES string of the molecule is CCN(CC)C(=O)CC(C(=O)O)c1ccco1. The Bertz CT molecular complexity index is 368. The van der Waals surface area contributed by atoms with Gasteiger partial charge in [-0.15, -0.1) is 0 Å². The van der Waals surface area contributed by atoms with Gasteiger partial charge in [0.2, 0.25) is 5.91 Å². The monoisotopic (exact) mass is 239 g/mol. The van der Waals surface area contributed by atoms with Gasteiger partial charge in [0, 0.05) is 19.5 Å². The van der Waals surface area contributed by atoms with Crippen molar-refractivity contribution in [3.05, 3.63) is 24.2 Å². The van der Waals surface area contributed by atoms with E-state index in [1.54, 1.807) is 17.0 Å². The number of hydrogen-bond acceptors (Lipinski definition) is 3. The predicted octanol–water partition coefficient (Wildman–Crippen LogP) is 1.71. The maximum absolute atomic E-state index is 11.8. The highest BCUT2D eigenvalue weighted by Crippen LogP contribution is 2.21. The average molecular weight is 239 g/mol. The van der Waals surface area contributed by atoms with E-state index in [9.17, 15) is 9.59 Å². The van der Waals surface area contributed by atoms with Crippen LogP contribution in [0.3, 0.4) is 0 Å². The topological polar surface area (TPSA) is 70.8 Å². The maximum Gasteiger partial charge on any atom is 0.314 e. The third-order valence-electron chi connectivity index (χ3n) is 2.68. The number of rotatable bonds is 6. The van der Waals surface area contributed by atoms with E-state index in [0.29, 0.717) is 18.8 Å². The van der Waals surface area contributed by atoms with E-state index in [2.05, 4.69) is 0 Å². The Morgan fingerprint density at radius 3 is 2.47 bits per heavy atom. The molecule has 17 heavy (non-hydrogen) atoms. The number of hydrogen-bond donors (Lipinski definition) is 1. The van der Waals surface area contributed by atoms with Gasteiger partial charge in [0.05, 0.1) is 6.26 Å². The van der Waals surface area contributed by atoms with E-state index in [0.717, 1.165) is 0 Å². The summed E-state index contributed by atoms with van der Waals surface area (Å²) in [7, 11) is 0. The van der Waals surface area contributed by atoms with Gasteiger partial charge >= 0.3 is 5.97 Å². The minimum Gasteiger partial charge on any atom is -0.481 e. The van der Waals surface area contributed by atoms with Crippen LogP contribution in [0.5, 0.6) is 0 Å². The minimum absolute atomic E-state index is 0.0650. The van der Waals surface area contributed by atoms with Crippen molar-refractivity contribution in [2.45, 2.75) is 26.2 Å². The summed E-state index contributed by atoms with van der Waals surface area (Å²) >= 11 is 0. The van der Waals surface area contributed by atoms with Crippen molar-refractivity contribution in [1.82, 2.24) is 4.90 Å². The molecule has 5 nitrogen and oxygen atoms in total. The van der Waals surface area contributed by atoms with Gasteiger partial charge in [-0.05, 0) is 26.0 Å². The molecule has 1 aromatic rings. The summed E-state index contributed by atoms with van der Waals surface area (Å²) in [6.07, 6.45) is 1.34. The highest BCUT2D eigenvalue weighted by molar-refractivity contribution is 5.85. The number of carboxylic acid groups (broad SMARTS) is 1. The molecule has 1 heterocycles. The highest BCUT2D eigenvalue weighted by atomic mass is 16.4. The first-order valence-electron chi connectivity index (χ1n) is 5.64. The number of carboxylic acids is 1. The van der Waals surface area contributed by atoms with Crippen LogP contribution >= 0.6 is 0 Å². The molecule has 1 rings (SSSR count). The van der Waals surface area contributed by atoms with Gasteiger partial charge in [-0.2, -0.15) is 0 Å². The highest BCUT2D eigenvalue weighted by Gasteiger charge is 2.27. The first-order valence-corrected chi connectivity index (χ1v) is 5.64. The van der Waals surface area contributed by atoms with Crippen molar-refractivity contribution >= 4 is 11.9 Å². The molecule has 1 atom stereocenters. The van der Waals surface area contributed by atoms with Gasteiger partial charge in [-0.25, -0.2) is 0 Å². The van der Waals surface area contributed by atoms with Gasteiger partial charge < -0.3 is 14.4 Å². The van der Waals surface area contributed by atoms with Crippen molar-refractivity contribution in [1.29, 1.82) is 0 Å². The van der Waals surface area contributed by atoms with Crippen molar-refractivity contribution in [2.24, 2.45) is 0 Å². The second-order valence-corrected chi connectivity index (χ2v) is 3.68. The molecule has 0 aliphatic heterocycles. The number of furan rings is 1. The van der Waals surface area contributed by atoms with Gasteiger partial charge in [0.1, 0.15) is 11.7 Å². The van der Waals surface area contributed by atoms with Crippen LogP contribution in [-0.2, 0) is 9.59 Å². The minimum atomic E-state index is -1.04. The van der Waals surface area contributed by atoms with Crippen LogP contribution in [0, 0.1) is 0 Å². The van der Waals surface area contributed by atoms with Crippen LogP contribution in [0.25, 0.3) is 0 Å². The molecule has 1 unspecified atom stereocenters. The quantitative estimate of drug-likeness (QED) is 0.820. The molecule has 1 amide bonds. The first-order chi connectivity index (χ1) is 8.10. The number of aliphatic carboxylic acids is 1. The molecule has 0 saturated heterocycles. The fraction of sp³-hybridized carbons (Fsp3) is 0.500. The second-order valence-electron chi connectivity index (χ2n) is 3.68. The molecule has 5 heteroatoms. The van der Waals surface area contributed by atoms with E-state index >= 15 is 0 Å². The molecule has 1 N–H and O–H groups in total. The van der Waals surface area contributed by atoms with Gasteiger partial charge in [0.15, 0.2) is 0 Å². The molecule has 0 aliphatic carbocycles. The lowest BCUT2D eigenvalue weighted by atomic mass is 10.0. The van der Waals surface area contributed by atoms with Crippen LogP contribution < -0.4 is 0 Å². The fourth-order valence-corrected chi connectivity index (χ4v) is 1.68. The molecule has 0 aliphatic rings. The summed E-state index contributed by atoms with van der Waals surface area (Å²) in [6.45, 7) is 4.90. The lowest BCUT2D eigenvalue weighted by molar-refractivity contribution is -0.143. The van der Waals surface area contributed by atoms with Gasteiger partial charge in [-0.3, -0.25) is 9.59 Å². The molecule has 0 radical (unpaired) electrons. The largest absolute Gasteiger partial charge is 0.481 e. The number of amides is 1. The summed E-state index contributed by atoms with van der Waals surface area (Å²) in [6, 6.07) is 3.20. The molecule has 0 spiro atoms. The zero-order valence-corrected chi connectivity index (χ0v) is 10.0. The molecule has 0 aromatic carbocycles. The Balaban J connectivity index is 2.75. The van der Waals surface area contributed by atoms with E-state index in [1.165, 1.54) is 6.26 Å². The van der Waals surface area contributed by atoms with Gasteiger partial charge in [0.25, 0.3) is 0 Å². The summed E-state index contributed by atoms with van der Waals surface area (Å²) in [5.74, 6) is -1.80. The molecular weight excluding hydrogens is 222 g/mol. The van der Waals surface area contributed by atoms with Gasteiger partial charge in [-0.1, -0.05) is 0 Å². The summed E-state index contributed by atoms with van der Waals surface area (Å²) < 4.78 is 5.05. The third kappa shape index (κ3) is 3.34. The standard InChI is InChI=1S/C12H17NO4/c1-3-13(4-2)11(14)8-9(12(15)16)10-6-5-7-17-10/h5-7,9H,3-4,8H2,1-2H3,(H,15,16). The van der Waals surface area contributed by atoms with Crippen LogP contribution in [-0.4, -0.2) is 35.0 Å². The summed E-state index contributed by atoms with van der Waals surface area (Å²) in [5, 5.41) is 9.09. The molecule has 1 aromatic heterocycles. The number of carbonyl (C=O) groups excluding carboxylic acids is 1. The maximum atomic E-state index is 11.8. The van der Waals surface area contributed by atoms with Crippen molar-refractivity contribution in [2.75, 3.05) is 13.1 Å². The van der Waals surface area contributed by atoms with E-state index in [-0.39, 0.29) is 12.3 Å². The Morgan fingerprint density at radius 1 is 1.41 bits per heavy atom. The van der Waals surface area contributed by atoms with E-state index < -0.39 is 11.9 Å². The summed E-state index contributed by atoms with van der Waals surface area (Å²) in [4.78, 5) is 24.5. The zero-order valence-electron chi connectivity index (χ0n) is 10.0. The van der Waals surface area contributed by atoms with Crippen molar-refractivity contribution in [3.63, 3.8) is 0 Å². The zero-order chi connectivity index (χ0) is 12.8.